The van der Waals surface area contributed by atoms with E-state index in [2.05, 4.69) is 10.3 Å². The van der Waals surface area contributed by atoms with E-state index in [-0.39, 0.29) is 21.2 Å². The average Bonchev–Trinajstić information content (AvgIpc) is 2.40. The number of nitrogens with two attached hydrogens (primary N) is 1. The molecule has 6 nitrogen and oxygen atoms in total. The van der Waals surface area contributed by atoms with E-state index < -0.39 is 21.7 Å². The first-order valence-corrected chi connectivity index (χ1v) is 7.44. The Hall–Kier alpha value is -2.03. The van der Waals surface area contributed by atoms with E-state index in [9.17, 15) is 17.6 Å². The zero-order chi connectivity index (χ0) is 15.6. The molecule has 2 aromatic rings. The minimum absolute atomic E-state index is 0.0760. The fourth-order valence-corrected chi connectivity index (χ4v) is 2.27. The molecule has 1 aromatic carbocycles. The van der Waals surface area contributed by atoms with Crippen molar-refractivity contribution >= 4 is 33.2 Å². The second-order valence-electron chi connectivity index (χ2n) is 4.00. The van der Waals surface area contributed by atoms with Gasteiger partial charge in [0, 0.05) is 12.4 Å². The Balaban J connectivity index is 2.36. The maximum Gasteiger partial charge on any atom is 0.257 e. The topological polar surface area (TPSA) is 102 Å². The van der Waals surface area contributed by atoms with Crippen LogP contribution in [-0.4, -0.2) is 19.3 Å². The number of carbonyl (C=O) groups is 1. The summed E-state index contributed by atoms with van der Waals surface area (Å²) in [6.45, 7) is 0. The van der Waals surface area contributed by atoms with Crippen LogP contribution in [0.25, 0.3) is 0 Å². The summed E-state index contributed by atoms with van der Waals surface area (Å²) < 4.78 is 36.1. The fraction of sp³-hybridized carbons (Fsp3) is 0. The first-order chi connectivity index (χ1) is 9.79. The van der Waals surface area contributed by atoms with Gasteiger partial charge in [-0.15, -0.1) is 0 Å². The molecular weight excluding hydrogens is 321 g/mol. The normalized spacial score (nSPS) is 11.2. The number of primary sulfonamides is 1. The minimum Gasteiger partial charge on any atom is -0.319 e. The molecule has 0 aliphatic carbocycles. The second-order valence-corrected chi connectivity index (χ2v) is 5.96. The van der Waals surface area contributed by atoms with Gasteiger partial charge in [-0.05, 0) is 24.3 Å². The number of rotatable bonds is 3. The Morgan fingerprint density at radius 2 is 2.05 bits per heavy atom. The molecule has 0 unspecified atom stereocenters. The van der Waals surface area contributed by atoms with Crippen LogP contribution in [0, 0.1) is 5.82 Å². The van der Waals surface area contributed by atoms with Crippen molar-refractivity contribution in [3.05, 3.63) is 53.1 Å². The lowest BCUT2D eigenvalue weighted by molar-refractivity contribution is 0.102. The highest BCUT2D eigenvalue weighted by atomic mass is 35.5. The highest BCUT2D eigenvalue weighted by Gasteiger charge is 2.15. The molecule has 9 heteroatoms. The zero-order valence-corrected chi connectivity index (χ0v) is 12.0. The van der Waals surface area contributed by atoms with Crippen molar-refractivity contribution in [2.75, 3.05) is 5.32 Å². The van der Waals surface area contributed by atoms with Crippen LogP contribution in [0.2, 0.25) is 5.02 Å². The van der Waals surface area contributed by atoms with Crippen molar-refractivity contribution in [3.8, 4) is 0 Å². The minimum atomic E-state index is -4.00. The predicted octanol–water partition coefficient (Wildman–Crippen LogP) is 1.77. The third-order valence-corrected chi connectivity index (χ3v) is 3.74. The summed E-state index contributed by atoms with van der Waals surface area (Å²) in [5.41, 5.74) is -0.244. The maximum absolute atomic E-state index is 13.6. The number of carbonyl (C=O) groups excluding carboxylic acids is 1. The van der Waals surface area contributed by atoms with Crippen molar-refractivity contribution in [3.63, 3.8) is 0 Å². The van der Waals surface area contributed by atoms with Gasteiger partial charge < -0.3 is 5.32 Å². The lowest BCUT2D eigenvalue weighted by atomic mass is 10.2. The fourth-order valence-electron chi connectivity index (χ4n) is 1.53. The first kappa shape index (κ1) is 15.4. The third-order valence-electron chi connectivity index (χ3n) is 2.53. The summed E-state index contributed by atoms with van der Waals surface area (Å²) in [4.78, 5) is 15.4. The Kier molecular flexibility index (Phi) is 4.21. The maximum atomic E-state index is 13.6. The van der Waals surface area contributed by atoms with Crippen LogP contribution >= 0.6 is 11.6 Å². The molecule has 0 saturated carbocycles. The Bertz CT molecular complexity index is 811. The zero-order valence-electron chi connectivity index (χ0n) is 10.4. The van der Waals surface area contributed by atoms with Crippen molar-refractivity contribution in [2.45, 2.75) is 4.90 Å². The van der Waals surface area contributed by atoms with Gasteiger partial charge in [0.25, 0.3) is 5.91 Å². The quantitative estimate of drug-likeness (QED) is 0.895. The van der Waals surface area contributed by atoms with Crippen LogP contribution in [0.4, 0.5) is 10.1 Å². The number of sulfonamides is 1. The van der Waals surface area contributed by atoms with Gasteiger partial charge in [-0.1, -0.05) is 11.6 Å². The van der Waals surface area contributed by atoms with E-state index in [0.717, 1.165) is 18.2 Å². The highest BCUT2D eigenvalue weighted by Crippen LogP contribution is 2.21. The van der Waals surface area contributed by atoms with Gasteiger partial charge in [0.05, 0.1) is 21.2 Å². The van der Waals surface area contributed by atoms with Gasteiger partial charge >= 0.3 is 0 Å². The van der Waals surface area contributed by atoms with E-state index in [1.54, 1.807) is 0 Å². The monoisotopic (exact) mass is 329 g/mol. The number of pyridine rings is 1. The van der Waals surface area contributed by atoms with Crippen molar-refractivity contribution in [2.24, 2.45) is 5.14 Å². The number of aromatic nitrogens is 1. The van der Waals surface area contributed by atoms with Crippen molar-refractivity contribution < 1.29 is 17.6 Å². The van der Waals surface area contributed by atoms with Gasteiger partial charge in [-0.3, -0.25) is 9.78 Å². The molecule has 1 aromatic heterocycles. The number of nitrogens with zero attached hydrogens (tertiary/aromatic N) is 1. The summed E-state index contributed by atoms with van der Waals surface area (Å²) in [5.74, 6) is -1.51. The van der Waals surface area contributed by atoms with Crippen LogP contribution in [0.3, 0.4) is 0 Å². The number of hydrogen-bond acceptors (Lipinski definition) is 4. The molecule has 0 fully saturated rings. The van der Waals surface area contributed by atoms with Gasteiger partial charge in [0.1, 0.15) is 5.82 Å². The van der Waals surface area contributed by atoms with Crippen LogP contribution < -0.4 is 10.5 Å². The van der Waals surface area contributed by atoms with Gasteiger partial charge in [0.15, 0.2) is 0 Å². The Morgan fingerprint density at radius 1 is 1.33 bits per heavy atom. The first-order valence-electron chi connectivity index (χ1n) is 5.52. The Morgan fingerprint density at radius 3 is 2.67 bits per heavy atom. The summed E-state index contributed by atoms with van der Waals surface area (Å²) in [6, 6.07) is 4.17. The number of nitrogens with one attached hydrogen (secondary N) is 1. The summed E-state index contributed by atoms with van der Waals surface area (Å²) in [6.07, 6.45) is 2.60. The molecule has 21 heavy (non-hydrogen) atoms. The third kappa shape index (κ3) is 3.54. The van der Waals surface area contributed by atoms with Crippen LogP contribution in [0.1, 0.15) is 10.4 Å². The van der Waals surface area contributed by atoms with Crippen LogP contribution in [0.15, 0.2) is 41.6 Å². The standard InChI is InChI=1S/C12H9ClFN3O3S/c13-9-6-16-4-3-8(9)12(18)17-11-5-7(21(15,19)20)1-2-10(11)14/h1-6H,(H,17,18)(H2,15,19,20). The number of hydrogen-bond donors (Lipinski definition) is 2. The number of halogens is 2. The van der Waals surface area contributed by atoms with E-state index in [4.69, 9.17) is 16.7 Å². The Labute approximate surface area is 124 Å². The molecule has 0 spiro atoms. The number of amides is 1. The molecule has 1 heterocycles. The molecule has 2 rings (SSSR count). The van der Waals surface area contributed by atoms with Crippen LogP contribution in [0.5, 0.6) is 0 Å². The lowest BCUT2D eigenvalue weighted by Gasteiger charge is -2.08. The summed E-state index contributed by atoms with van der Waals surface area (Å²) in [5, 5.41) is 7.26. The SMILES string of the molecule is NS(=O)(=O)c1ccc(F)c(NC(=O)c2ccncc2Cl)c1. The lowest BCUT2D eigenvalue weighted by Crippen LogP contribution is -2.16. The van der Waals surface area contributed by atoms with Crippen molar-refractivity contribution in [1.82, 2.24) is 4.98 Å². The highest BCUT2D eigenvalue weighted by molar-refractivity contribution is 7.89. The molecule has 1 amide bonds. The largest absolute Gasteiger partial charge is 0.319 e. The average molecular weight is 330 g/mol. The van der Waals surface area contributed by atoms with Crippen LogP contribution in [-0.2, 0) is 10.0 Å². The van der Waals surface area contributed by atoms with E-state index in [0.29, 0.717) is 0 Å². The molecule has 0 aliphatic rings. The van der Waals surface area contributed by atoms with E-state index in [1.165, 1.54) is 18.5 Å². The smallest absolute Gasteiger partial charge is 0.257 e. The number of benzene rings is 1. The predicted molar refractivity (Wildman–Crippen MR) is 75.0 cm³/mol. The van der Waals surface area contributed by atoms with Gasteiger partial charge in [-0.25, -0.2) is 17.9 Å². The molecule has 110 valence electrons. The summed E-state index contributed by atoms with van der Waals surface area (Å²) >= 11 is 5.80. The molecule has 0 atom stereocenters. The number of anilines is 1. The van der Waals surface area contributed by atoms with Gasteiger partial charge in [-0.2, -0.15) is 0 Å². The molecule has 3 N–H and O–H groups in total. The molecular formula is C12H9ClFN3O3S. The molecule has 0 saturated heterocycles. The second kappa shape index (κ2) is 5.76. The van der Waals surface area contributed by atoms with Crippen molar-refractivity contribution in [1.29, 1.82) is 0 Å². The van der Waals surface area contributed by atoms with E-state index in [1.807, 2.05) is 0 Å². The summed E-state index contributed by atoms with van der Waals surface area (Å²) in [7, 11) is -4.00. The van der Waals surface area contributed by atoms with E-state index >= 15 is 0 Å². The molecule has 0 bridgehead atoms. The molecule has 0 aliphatic heterocycles. The molecule has 0 radical (unpaired) electrons. The van der Waals surface area contributed by atoms with Gasteiger partial charge in [0.2, 0.25) is 10.0 Å².